The molecule has 0 aliphatic rings. The van der Waals surface area contributed by atoms with E-state index in [2.05, 4.69) is 36.3 Å². The molecule has 1 heterocycles. The number of anilines is 1. The van der Waals surface area contributed by atoms with Crippen molar-refractivity contribution >= 4 is 17.0 Å². The van der Waals surface area contributed by atoms with Crippen molar-refractivity contribution in [1.29, 1.82) is 0 Å². The third kappa shape index (κ3) is 4.32. The van der Waals surface area contributed by atoms with E-state index in [1.165, 1.54) is 10.6 Å². The predicted octanol–water partition coefficient (Wildman–Crippen LogP) is 3.61. The van der Waals surface area contributed by atoms with Crippen LogP contribution in [0.25, 0.3) is 0 Å². The highest BCUT2D eigenvalue weighted by Crippen LogP contribution is 2.20. The molecule has 1 aromatic carbocycles. The van der Waals surface area contributed by atoms with Gasteiger partial charge < -0.3 is 11.1 Å². The van der Waals surface area contributed by atoms with Gasteiger partial charge in [0.05, 0.1) is 5.01 Å². The van der Waals surface area contributed by atoms with Gasteiger partial charge in [0.1, 0.15) is 0 Å². The molecule has 0 aliphatic carbocycles. The van der Waals surface area contributed by atoms with Gasteiger partial charge >= 0.3 is 0 Å². The number of hydrogen-bond acceptors (Lipinski definition) is 4. The number of nitrogens with zero attached hydrogens (tertiary/aromatic N) is 1. The largest absolute Gasteiger partial charge is 0.399 e. The van der Waals surface area contributed by atoms with Gasteiger partial charge in [-0.3, -0.25) is 0 Å². The van der Waals surface area contributed by atoms with E-state index in [-0.39, 0.29) is 0 Å². The molecular weight excluding hydrogens is 266 g/mol. The van der Waals surface area contributed by atoms with Crippen LogP contribution in [-0.4, -0.2) is 18.1 Å². The molecule has 20 heavy (non-hydrogen) atoms. The molecule has 2 aromatic rings. The maximum absolute atomic E-state index is 5.71. The molecule has 2 rings (SSSR count). The number of thiazole rings is 1. The summed E-state index contributed by atoms with van der Waals surface area (Å²) in [5, 5.41) is 6.78. The van der Waals surface area contributed by atoms with Gasteiger partial charge in [0, 0.05) is 29.7 Å². The van der Waals surface area contributed by atoms with Crippen molar-refractivity contribution in [3.63, 3.8) is 0 Å². The number of nitrogens with two attached hydrogens (primary N) is 1. The van der Waals surface area contributed by atoms with E-state index in [1.807, 2.05) is 23.7 Å². The average Bonchev–Trinajstić information content (AvgIpc) is 2.98. The predicted molar refractivity (Wildman–Crippen MR) is 87.3 cm³/mol. The van der Waals surface area contributed by atoms with E-state index >= 15 is 0 Å². The summed E-state index contributed by atoms with van der Waals surface area (Å²) in [7, 11) is 0. The molecule has 2 unspecified atom stereocenters. The Labute approximate surface area is 125 Å². The lowest BCUT2D eigenvalue weighted by atomic mass is 9.97. The van der Waals surface area contributed by atoms with Crippen LogP contribution in [0.5, 0.6) is 0 Å². The van der Waals surface area contributed by atoms with Crippen molar-refractivity contribution in [2.45, 2.75) is 32.1 Å². The standard InChI is InChI=1S/C16H23N3S/c1-12(14-3-5-15(17)6-4-14)7-8-18-11-13(2)16-19-9-10-20-16/h3-6,9-10,12-13,18H,7-8,11,17H2,1-2H3. The summed E-state index contributed by atoms with van der Waals surface area (Å²) in [5.41, 5.74) is 7.90. The summed E-state index contributed by atoms with van der Waals surface area (Å²) in [6, 6.07) is 8.20. The Morgan fingerprint density at radius 3 is 2.60 bits per heavy atom. The van der Waals surface area contributed by atoms with Crippen molar-refractivity contribution in [3.05, 3.63) is 46.4 Å². The summed E-state index contributed by atoms with van der Waals surface area (Å²) in [4.78, 5) is 4.35. The van der Waals surface area contributed by atoms with Crippen LogP contribution in [0, 0.1) is 0 Å². The van der Waals surface area contributed by atoms with Crippen molar-refractivity contribution in [3.8, 4) is 0 Å². The molecule has 0 bridgehead atoms. The van der Waals surface area contributed by atoms with Gasteiger partial charge in [0.25, 0.3) is 0 Å². The molecule has 0 fully saturated rings. The first kappa shape index (κ1) is 15.0. The van der Waals surface area contributed by atoms with Gasteiger partial charge in [0.2, 0.25) is 0 Å². The second-order valence-corrected chi connectivity index (χ2v) is 6.26. The van der Waals surface area contributed by atoms with Crippen molar-refractivity contribution in [2.75, 3.05) is 18.8 Å². The minimum Gasteiger partial charge on any atom is -0.399 e. The third-order valence-electron chi connectivity index (χ3n) is 3.58. The highest BCUT2D eigenvalue weighted by molar-refractivity contribution is 7.09. The molecule has 2 atom stereocenters. The van der Waals surface area contributed by atoms with E-state index < -0.39 is 0 Å². The molecule has 4 heteroatoms. The van der Waals surface area contributed by atoms with E-state index in [1.54, 1.807) is 11.3 Å². The topological polar surface area (TPSA) is 50.9 Å². The van der Waals surface area contributed by atoms with Crippen molar-refractivity contribution in [2.24, 2.45) is 0 Å². The van der Waals surface area contributed by atoms with Crippen LogP contribution in [-0.2, 0) is 0 Å². The molecule has 3 N–H and O–H groups in total. The normalized spacial score (nSPS) is 14.1. The van der Waals surface area contributed by atoms with Crippen LogP contribution in [0.1, 0.15) is 42.7 Å². The second-order valence-electron chi connectivity index (χ2n) is 5.33. The maximum atomic E-state index is 5.71. The molecule has 0 saturated carbocycles. The second kappa shape index (κ2) is 7.41. The van der Waals surface area contributed by atoms with E-state index in [0.29, 0.717) is 11.8 Å². The number of aromatic nitrogens is 1. The zero-order valence-corrected chi connectivity index (χ0v) is 13.0. The van der Waals surface area contributed by atoms with Crippen LogP contribution in [0.3, 0.4) is 0 Å². The Morgan fingerprint density at radius 1 is 1.20 bits per heavy atom. The lowest BCUT2D eigenvalue weighted by molar-refractivity contribution is 0.563. The summed E-state index contributed by atoms with van der Waals surface area (Å²) in [6.07, 6.45) is 3.01. The summed E-state index contributed by atoms with van der Waals surface area (Å²) in [6.45, 7) is 6.50. The fourth-order valence-corrected chi connectivity index (χ4v) is 2.89. The van der Waals surface area contributed by atoms with Gasteiger partial charge in [-0.05, 0) is 36.6 Å². The SMILES string of the molecule is CC(CCNCC(C)c1nccs1)c1ccc(N)cc1. The van der Waals surface area contributed by atoms with Gasteiger partial charge in [0.15, 0.2) is 0 Å². The molecule has 0 radical (unpaired) electrons. The molecule has 0 spiro atoms. The number of nitrogens with one attached hydrogen (secondary N) is 1. The molecule has 1 aromatic heterocycles. The number of rotatable bonds is 7. The first-order valence-corrected chi connectivity index (χ1v) is 8.00. The quantitative estimate of drug-likeness (QED) is 0.604. The molecule has 0 amide bonds. The van der Waals surface area contributed by atoms with Gasteiger partial charge in [-0.15, -0.1) is 11.3 Å². The maximum Gasteiger partial charge on any atom is 0.0965 e. The summed E-state index contributed by atoms with van der Waals surface area (Å²) >= 11 is 1.73. The van der Waals surface area contributed by atoms with E-state index in [9.17, 15) is 0 Å². The van der Waals surface area contributed by atoms with Crippen molar-refractivity contribution < 1.29 is 0 Å². The van der Waals surface area contributed by atoms with Gasteiger partial charge in [-0.25, -0.2) is 4.98 Å². The lowest BCUT2D eigenvalue weighted by Gasteiger charge is -2.14. The third-order valence-corrected chi connectivity index (χ3v) is 4.59. The molecule has 0 saturated heterocycles. The minimum atomic E-state index is 0.488. The van der Waals surface area contributed by atoms with Crippen LogP contribution >= 0.6 is 11.3 Å². The average molecular weight is 289 g/mol. The minimum absolute atomic E-state index is 0.488. The van der Waals surface area contributed by atoms with Crippen LogP contribution < -0.4 is 11.1 Å². The summed E-state index contributed by atoms with van der Waals surface area (Å²) < 4.78 is 0. The molecular formula is C16H23N3S. The first-order chi connectivity index (χ1) is 9.66. The van der Waals surface area contributed by atoms with Crippen LogP contribution in [0.4, 0.5) is 5.69 Å². The zero-order chi connectivity index (χ0) is 14.4. The Kier molecular flexibility index (Phi) is 5.56. The van der Waals surface area contributed by atoms with Gasteiger partial charge in [-0.1, -0.05) is 26.0 Å². The monoisotopic (exact) mass is 289 g/mol. The highest BCUT2D eigenvalue weighted by atomic mass is 32.1. The zero-order valence-electron chi connectivity index (χ0n) is 12.2. The molecule has 3 nitrogen and oxygen atoms in total. The number of hydrogen-bond donors (Lipinski definition) is 2. The molecule has 108 valence electrons. The van der Waals surface area contributed by atoms with Crippen LogP contribution in [0.2, 0.25) is 0 Å². The Bertz CT molecular complexity index is 493. The Balaban J connectivity index is 1.69. The smallest absolute Gasteiger partial charge is 0.0965 e. The highest BCUT2D eigenvalue weighted by Gasteiger charge is 2.08. The molecule has 0 aliphatic heterocycles. The fourth-order valence-electron chi connectivity index (χ4n) is 2.19. The van der Waals surface area contributed by atoms with Crippen molar-refractivity contribution in [1.82, 2.24) is 10.3 Å². The Morgan fingerprint density at radius 2 is 1.95 bits per heavy atom. The van der Waals surface area contributed by atoms with E-state index in [0.717, 1.165) is 25.2 Å². The van der Waals surface area contributed by atoms with Gasteiger partial charge in [-0.2, -0.15) is 0 Å². The number of nitrogen functional groups attached to an aromatic ring is 1. The van der Waals surface area contributed by atoms with Crippen LogP contribution in [0.15, 0.2) is 35.8 Å². The first-order valence-electron chi connectivity index (χ1n) is 7.12. The Hall–Kier alpha value is -1.39. The number of benzene rings is 1. The fraction of sp³-hybridized carbons (Fsp3) is 0.438. The van der Waals surface area contributed by atoms with E-state index in [4.69, 9.17) is 5.73 Å². The summed E-state index contributed by atoms with van der Waals surface area (Å²) in [5.74, 6) is 1.04. The lowest BCUT2D eigenvalue weighted by Crippen LogP contribution is -2.22.